The molecular weight excluding hydrogens is 402 g/mol. The Labute approximate surface area is 180 Å². The number of hydrogen-bond acceptors (Lipinski definition) is 4. The standard InChI is InChI=1S/C23H24ClN3OS/c1-15-17(14-27-8-10-29-11-9-27)4-3-5-21(15)26-23(28)20-13-18-12-19(24)6-7-22(18)25-16(20)2/h3-7,12-13H,8-11,14H2,1-2H3,(H,26,28). The third-order valence-corrected chi connectivity index (χ3v) is 6.58. The maximum atomic E-state index is 13.0. The normalized spacial score (nSPS) is 14.9. The molecule has 3 aromatic rings. The Morgan fingerprint density at radius 3 is 2.76 bits per heavy atom. The summed E-state index contributed by atoms with van der Waals surface area (Å²) in [6.45, 7) is 7.09. The smallest absolute Gasteiger partial charge is 0.257 e. The zero-order chi connectivity index (χ0) is 20.4. The van der Waals surface area contributed by atoms with E-state index >= 15 is 0 Å². The predicted octanol–water partition coefficient (Wildman–Crippen LogP) is 5.31. The Kier molecular flexibility index (Phi) is 6.09. The van der Waals surface area contributed by atoms with Crippen molar-refractivity contribution in [3.8, 4) is 0 Å². The lowest BCUT2D eigenvalue weighted by Crippen LogP contribution is -2.32. The molecular formula is C23H24ClN3OS. The van der Waals surface area contributed by atoms with Crippen molar-refractivity contribution in [3.63, 3.8) is 0 Å². The Morgan fingerprint density at radius 2 is 1.97 bits per heavy atom. The number of fused-ring (bicyclic) bond motifs is 1. The zero-order valence-corrected chi connectivity index (χ0v) is 18.2. The second-order valence-corrected chi connectivity index (χ2v) is 9.05. The first-order valence-electron chi connectivity index (χ1n) is 9.78. The van der Waals surface area contributed by atoms with E-state index in [1.165, 1.54) is 17.1 Å². The molecule has 1 aromatic heterocycles. The highest BCUT2D eigenvalue weighted by molar-refractivity contribution is 7.99. The van der Waals surface area contributed by atoms with Gasteiger partial charge in [0.2, 0.25) is 0 Å². The molecule has 2 heterocycles. The molecule has 0 aliphatic carbocycles. The molecule has 0 atom stereocenters. The third kappa shape index (κ3) is 4.58. The van der Waals surface area contributed by atoms with Gasteiger partial charge in [-0.3, -0.25) is 14.7 Å². The lowest BCUT2D eigenvalue weighted by molar-refractivity contribution is 0.102. The van der Waals surface area contributed by atoms with E-state index in [0.717, 1.165) is 41.8 Å². The number of carbonyl (C=O) groups excluding carboxylic acids is 1. The van der Waals surface area contributed by atoms with Crippen molar-refractivity contribution in [1.29, 1.82) is 0 Å². The molecule has 0 unspecified atom stereocenters. The fourth-order valence-electron chi connectivity index (χ4n) is 3.65. The molecule has 1 N–H and O–H groups in total. The van der Waals surface area contributed by atoms with Crippen molar-refractivity contribution in [2.24, 2.45) is 0 Å². The van der Waals surface area contributed by atoms with E-state index < -0.39 is 0 Å². The van der Waals surface area contributed by atoms with Crippen LogP contribution in [0.15, 0.2) is 42.5 Å². The van der Waals surface area contributed by atoms with E-state index in [1.54, 1.807) is 0 Å². The number of nitrogens with zero attached hydrogens (tertiary/aromatic N) is 2. The van der Waals surface area contributed by atoms with Gasteiger partial charge in [0.1, 0.15) is 0 Å². The Bertz CT molecular complexity index is 1060. The van der Waals surface area contributed by atoms with Gasteiger partial charge in [-0.1, -0.05) is 23.7 Å². The molecule has 0 radical (unpaired) electrons. The predicted molar refractivity (Wildman–Crippen MR) is 123 cm³/mol. The summed E-state index contributed by atoms with van der Waals surface area (Å²) in [7, 11) is 0. The van der Waals surface area contributed by atoms with Crippen LogP contribution in [0.1, 0.15) is 27.2 Å². The van der Waals surface area contributed by atoms with Gasteiger partial charge in [0.05, 0.1) is 16.8 Å². The van der Waals surface area contributed by atoms with Crippen molar-refractivity contribution < 1.29 is 4.79 Å². The quantitative estimate of drug-likeness (QED) is 0.615. The lowest BCUT2D eigenvalue weighted by atomic mass is 10.0. The van der Waals surface area contributed by atoms with E-state index in [1.807, 2.05) is 55.1 Å². The molecule has 0 bridgehead atoms. The summed E-state index contributed by atoms with van der Waals surface area (Å²) in [5.41, 5.74) is 5.34. The first kappa shape index (κ1) is 20.2. The van der Waals surface area contributed by atoms with Crippen LogP contribution in [0.2, 0.25) is 5.02 Å². The van der Waals surface area contributed by atoms with Crippen molar-refractivity contribution >= 4 is 45.9 Å². The van der Waals surface area contributed by atoms with Crippen molar-refractivity contribution in [2.45, 2.75) is 20.4 Å². The van der Waals surface area contributed by atoms with Crippen molar-refractivity contribution in [3.05, 3.63) is 69.9 Å². The number of amides is 1. The average molecular weight is 426 g/mol. The highest BCUT2D eigenvalue weighted by Crippen LogP contribution is 2.24. The number of thioether (sulfide) groups is 1. The molecule has 0 spiro atoms. The van der Waals surface area contributed by atoms with Crippen LogP contribution in [-0.4, -0.2) is 40.4 Å². The van der Waals surface area contributed by atoms with E-state index in [-0.39, 0.29) is 5.91 Å². The van der Waals surface area contributed by atoms with Crippen LogP contribution >= 0.6 is 23.4 Å². The molecule has 1 saturated heterocycles. The number of rotatable bonds is 4. The van der Waals surface area contributed by atoms with Gasteiger partial charge in [0.15, 0.2) is 0 Å². The van der Waals surface area contributed by atoms with Crippen LogP contribution in [0, 0.1) is 13.8 Å². The van der Waals surface area contributed by atoms with Crippen LogP contribution in [-0.2, 0) is 6.54 Å². The van der Waals surface area contributed by atoms with Gasteiger partial charge in [-0.05, 0) is 55.3 Å². The van der Waals surface area contributed by atoms with E-state index in [2.05, 4.69) is 28.2 Å². The molecule has 1 fully saturated rings. The number of aromatic nitrogens is 1. The maximum absolute atomic E-state index is 13.0. The number of nitrogens with one attached hydrogen (secondary N) is 1. The number of pyridine rings is 1. The van der Waals surface area contributed by atoms with Gasteiger partial charge in [-0.25, -0.2) is 0 Å². The van der Waals surface area contributed by atoms with Crippen LogP contribution in [0.5, 0.6) is 0 Å². The third-order valence-electron chi connectivity index (χ3n) is 5.40. The molecule has 4 rings (SSSR count). The monoisotopic (exact) mass is 425 g/mol. The molecule has 150 valence electrons. The Morgan fingerprint density at radius 1 is 1.17 bits per heavy atom. The molecule has 6 heteroatoms. The highest BCUT2D eigenvalue weighted by atomic mass is 35.5. The van der Waals surface area contributed by atoms with Gasteiger partial charge >= 0.3 is 0 Å². The molecule has 4 nitrogen and oxygen atoms in total. The fraction of sp³-hybridized carbons (Fsp3) is 0.304. The zero-order valence-electron chi connectivity index (χ0n) is 16.7. The number of aryl methyl sites for hydroxylation is 1. The van der Waals surface area contributed by atoms with E-state index in [0.29, 0.717) is 16.3 Å². The van der Waals surface area contributed by atoms with Gasteiger partial charge in [0, 0.05) is 47.2 Å². The summed E-state index contributed by atoms with van der Waals surface area (Å²) < 4.78 is 0. The summed E-state index contributed by atoms with van der Waals surface area (Å²) >= 11 is 8.12. The first-order chi connectivity index (χ1) is 14.0. The maximum Gasteiger partial charge on any atom is 0.257 e. The van der Waals surface area contributed by atoms with Crippen LogP contribution in [0.3, 0.4) is 0 Å². The number of hydrogen-bond donors (Lipinski definition) is 1. The lowest BCUT2D eigenvalue weighted by Gasteiger charge is -2.27. The average Bonchev–Trinajstić information content (AvgIpc) is 2.71. The largest absolute Gasteiger partial charge is 0.322 e. The molecule has 1 aliphatic rings. The first-order valence-corrected chi connectivity index (χ1v) is 11.3. The SMILES string of the molecule is Cc1nc2ccc(Cl)cc2cc1C(=O)Nc1cccc(CN2CCSCC2)c1C. The summed E-state index contributed by atoms with van der Waals surface area (Å²) in [5.74, 6) is 2.23. The minimum Gasteiger partial charge on any atom is -0.322 e. The minimum atomic E-state index is -0.147. The summed E-state index contributed by atoms with van der Waals surface area (Å²) in [6.07, 6.45) is 0. The minimum absolute atomic E-state index is 0.147. The molecule has 1 amide bonds. The number of carbonyl (C=O) groups is 1. The summed E-state index contributed by atoms with van der Waals surface area (Å²) in [6, 6.07) is 13.5. The van der Waals surface area contributed by atoms with Gasteiger partial charge in [-0.2, -0.15) is 11.8 Å². The van der Waals surface area contributed by atoms with Crippen LogP contribution in [0.4, 0.5) is 5.69 Å². The van der Waals surface area contributed by atoms with Gasteiger partial charge in [-0.15, -0.1) is 0 Å². The van der Waals surface area contributed by atoms with Crippen LogP contribution in [0.25, 0.3) is 10.9 Å². The fourth-order valence-corrected chi connectivity index (χ4v) is 4.81. The topological polar surface area (TPSA) is 45.2 Å². The molecule has 1 aliphatic heterocycles. The number of benzene rings is 2. The van der Waals surface area contributed by atoms with Gasteiger partial charge in [0.25, 0.3) is 5.91 Å². The van der Waals surface area contributed by atoms with Crippen molar-refractivity contribution in [2.75, 3.05) is 29.9 Å². The summed E-state index contributed by atoms with van der Waals surface area (Å²) in [5, 5.41) is 4.59. The Balaban J connectivity index is 1.57. The van der Waals surface area contributed by atoms with E-state index in [9.17, 15) is 4.79 Å². The second-order valence-electron chi connectivity index (χ2n) is 7.39. The van der Waals surface area contributed by atoms with Gasteiger partial charge < -0.3 is 5.32 Å². The number of halogens is 1. The number of anilines is 1. The Hall–Kier alpha value is -2.08. The second kappa shape index (κ2) is 8.74. The highest BCUT2D eigenvalue weighted by Gasteiger charge is 2.16. The molecule has 2 aromatic carbocycles. The van der Waals surface area contributed by atoms with Crippen LogP contribution < -0.4 is 5.32 Å². The van der Waals surface area contributed by atoms with Crippen molar-refractivity contribution in [1.82, 2.24) is 9.88 Å². The van der Waals surface area contributed by atoms with E-state index in [4.69, 9.17) is 11.6 Å². The molecule has 0 saturated carbocycles. The molecule has 29 heavy (non-hydrogen) atoms. The summed E-state index contributed by atoms with van der Waals surface area (Å²) in [4.78, 5) is 20.1.